The molecule has 1 fully saturated rings. The predicted molar refractivity (Wildman–Crippen MR) is 77.2 cm³/mol. The van der Waals surface area contributed by atoms with Gasteiger partial charge in [-0.25, -0.2) is 0 Å². The van der Waals surface area contributed by atoms with Gasteiger partial charge in [0.05, 0.1) is 0 Å². The SMILES string of the molecule is CN1CCCc2cc(C3(CN)CCCC3)ccc21. The maximum atomic E-state index is 6.09. The van der Waals surface area contributed by atoms with Crippen molar-refractivity contribution in [3.63, 3.8) is 0 Å². The Hall–Kier alpha value is -1.02. The molecule has 2 heteroatoms. The number of benzene rings is 1. The molecule has 2 aliphatic rings. The molecule has 2 N–H and O–H groups in total. The van der Waals surface area contributed by atoms with Gasteiger partial charge in [0.15, 0.2) is 0 Å². The van der Waals surface area contributed by atoms with Crippen molar-refractivity contribution in [3.05, 3.63) is 29.3 Å². The van der Waals surface area contributed by atoms with Gasteiger partial charge in [-0.1, -0.05) is 25.0 Å². The molecule has 0 aromatic heterocycles. The van der Waals surface area contributed by atoms with Gasteiger partial charge in [0.1, 0.15) is 0 Å². The van der Waals surface area contributed by atoms with Crippen molar-refractivity contribution in [2.45, 2.75) is 43.9 Å². The average molecular weight is 244 g/mol. The lowest BCUT2D eigenvalue weighted by Crippen LogP contribution is -2.32. The number of hydrogen-bond acceptors (Lipinski definition) is 2. The van der Waals surface area contributed by atoms with Gasteiger partial charge in [0.25, 0.3) is 0 Å². The standard InChI is InChI=1S/C16H24N2/c1-18-10-4-5-13-11-14(6-7-15(13)18)16(12-17)8-2-3-9-16/h6-7,11H,2-5,8-10,12,17H2,1H3. The van der Waals surface area contributed by atoms with E-state index in [9.17, 15) is 0 Å². The molecular formula is C16H24N2. The number of rotatable bonds is 2. The van der Waals surface area contributed by atoms with Crippen LogP contribution in [0.3, 0.4) is 0 Å². The maximum Gasteiger partial charge on any atom is 0.0396 e. The lowest BCUT2D eigenvalue weighted by Gasteiger charge is -2.32. The zero-order chi connectivity index (χ0) is 12.6. The summed E-state index contributed by atoms with van der Waals surface area (Å²) < 4.78 is 0. The van der Waals surface area contributed by atoms with E-state index in [1.165, 1.54) is 61.9 Å². The zero-order valence-electron chi connectivity index (χ0n) is 11.4. The molecule has 1 aliphatic carbocycles. The number of fused-ring (bicyclic) bond motifs is 1. The topological polar surface area (TPSA) is 29.3 Å². The summed E-state index contributed by atoms with van der Waals surface area (Å²) in [6, 6.07) is 7.10. The van der Waals surface area contributed by atoms with Crippen LogP contribution in [-0.2, 0) is 11.8 Å². The van der Waals surface area contributed by atoms with Crippen LogP contribution in [-0.4, -0.2) is 20.1 Å². The molecule has 0 spiro atoms. The van der Waals surface area contributed by atoms with Crippen LogP contribution in [0.1, 0.15) is 43.2 Å². The van der Waals surface area contributed by atoms with E-state index < -0.39 is 0 Å². The Morgan fingerprint density at radius 3 is 2.72 bits per heavy atom. The van der Waals surface area contributed by atoms with Crippen LogP contribution in [0.25, 0.3) is 0 Å². The summed E-state index contributed by atoms with van der Waals surface area (Å²) in [6.07, 6.45) is 7.75. The minimum absolute atomic E-state index is 0.283. The molecule has 3 rings (SSSR count). The lowest BCUT2D eigenvalue weighted by atomic mass is 9.78. The first-order valence-corrected chi connectivity index (χ1v) is 7.30. The fourth-order valence-corrected chi connectivity index (χ4v) is 3.78. The van der Waals surface area contributed by atoms with Crippen LogP contribution in [0, 0.1) is 0 Å². The molecule has 0 saturated heterocycles. The summed E-state index contributed by atoms with van der Waals surface area (Å²) in [5, 5.41) is 0. The fourth-order valence-electron chi connectivity index (χ4n) is 3.78. The van der Waals surface area contributed by atoms with E-state index in [0.717, 1.165) is 6.54 Å². The number of hydrogen-bond donors (Lipinski definition) is 1. The van der Waals surface area contributed by atoms with Gasteiger partial charge in [-0.2, -0.15) is 0 Å². The van der Waals surface area contributed by atoms with E-state index in [1.54, 1.807) is 0 Å². The van der Waals surface area contributed by atoms with Crippen molar-refractivity contribution in [3.8, 4) is 0 Å². The molecule has 1 aliphatic heterocycles. The minimum atomic E-state index is 0.283. The quantitative estimate of drug-likeness (QED) is 0.867. The first kappa shape index (κ1) is 12.0. The predicted octanol–water partition coefficient (Wildman–Crippen LogP) is 2.84. The maximum absolute atomic E-state index is 6.09. The molecule has 0 bridgehead atoms. The second kappa shape index (κ2) is 4.58. The third-order valence-electron chi connectivity index (χ3n) is 4.99. The number of anilines is 1. The summed E-state index contributed by atoms with van der Waals surface area (Å²) in [4.78, 5) is 2.38. The fraction of sp³-hybridized carbons (Fsp3) is 0.625. The Balaban J connectivity index is 1.99. The van der Waals surface area contributed by atoms with Crippen LogP contribution >= 0.6 is 0 Å². The zero-order valence-corrected chi connectivity index (χ0v) is 11.4. The smallest absolute Gasteiger partial charge is 0.0396 e. The Bertz CT molecular complexity index is 433. The molecular weight excluding hydrogens is 220 g/mol. The molecule has 1 saturated carbocycles. The first-order chi connectivity index (χ1) is 8.75. The second-order valence-corrected chi connectivity index (χ2v) is 6.06. The largest absolute Gasteiger partial charge is 0.374 e. The third kappa shape index (κ3) is 1.83. The van der Waals surface area contributed by atoms with Crippen LogP contribution in [0.2, 0.25) is 0 Å². The van der Waals surface area contributed by atoms with E-state index >= 15 is 0 Å². The van der Waals surface area contributed by atoms with Crippen LogP contribution in [0.15, 0.2) is 18.2 Å². The van der Waals surface area contributed by atoms with Gasteiger partial charge in [0, 0.05) is 31.2 Å². The second-order valence-electron chi connectivity index (χ2n) is 6.06. The molecule has 1 heterocycles. The Morgan fingerprint density at radius 1 is 1.22 bits per heavy atom. The Kier molecular flexibility index (Phi) is 3.06. The highest BCUT2D eigenvalue weighted by Gasteiger charge is 2.34. The van der Waals surface area contributed by atoms with E-state index in [2.05, 4.69) is 30.1 Å². The van der Waals surface area contributed by atoms with Gasteiger partial charge in [0.2, 0.25) is 0 Å². The monoisotopic (exact) mass is 244 g/mol. The van der Waals surface area contributed by atoms with Crippen LogP contribution in [0.4, 0.5) is 5.69 Å². The molecule has 1 aromatic rings. The molecule has 0 radical (unpaired) electrons. The molecule has 18 heavy (non-hydrogen) atoms. The number of nitrogens with zero attached hydrogens (tertiary/aromatic N) is 1. The van der Waals surface area contributed by atoms with Crippen LogP contribution in [0.5, 0.6) is 0 Å². The lowest BCUT2D eigenvalue weighted by molar-refractivity contribution is 0.452. The van der Waals surface area contributed by atoms with Crippen molar-refractivity contribution in [1.29, 1.82) is 0 Å². The van der Waals surface area contributed by atoms with Gasteiger partial charge in [-0.3, -0.25) is 0 Å². The van der Waals surface area contributed by atoms with Crippen molar-refractivity contribution < 1.29 is 0 Å². The number of nitrogens with two attached hydrogens (primary N) is 1. The summed E-state index contributed by atoms with van der Waals surface area (Å²) in [5.41, 5.74) is 10.8. The van der Waals surface area contributed by atoms with Crippen molar-refractivity contribution in [2.24, 2.45) is 5.73 Å². The summed E-state index contributed by atoms with van der Waals surface area (Å²) in [6.45, 7) is 2.00. The highest BCUT2D eigenvalue weighted by atomic mass is 15.1. The van der Waals surface area contributed by atoms with Crippen molar-refractivity contribution >= 4 is 5.69 Å². The molecule has 0 unspecified atom stereocenters. The highest BCUT2D eigenvalue weighted by Crippen LogP contribution is 2.42. The molecule has 0 amide bonds. The van der Waals surface area contributed by atoms with Crippen molar-refractivity contribution in [1.82, 2.24) is 0 Å². The van der Waals surface area contributed by atoms with Crippen LogP contribution < -0.4 is 10.6 Å². The van der Waals surface area contributed by atoms with Gasteiger partial charge < -0.3 is 10.6 Å². The molecule has 2 nitrogen and oxygen atoms in total. The Morgan fingerprint density at radius 2 is 2.00 bits per heavy atom. The van der Waals surface area contributed by atoms with Crippen molar-refractivity contribution in [2.75, 3.05) is 25.0 Å². The summed E-state index contributed by atoms with van der Waals surface area (Å²) in [7, 11) is 2.20. The third-order valence-corrected chi connectivity index (χ3v) is 4.99. The van der Waals surface area contributed by atoms with E-state index in [4.69, 9.17) is 5.73 Å². The average Bonchev–Trinajstić information content (AvgIpc) is 2.89. The number of aryl methyl sites for hydroxylation is 1. The highest BCUT2D eigenvalue weighted by molar-refractivity contribution is 5.57. The van der Waals surface area contributed by atoms with E-state index in [1.807, 2.05) is 0 Å². The minimum Gasteiger partial charge on any atom is -0.374 e. The summed E-state index contributed by atoms with van der Waals surface area (Å²) >= 11 is 0. The Labute approximate surface area is 110 Å². The normalized spacial score (nSPS) is 22.0. The first-order valence-electron chi connectivity index (χ1n) is 7.30. The molecule has 1 aromatic carbocycles. The van der Waals surface area contributed by atoms with Gasteiger partial charge in [-0.15, -0.1) is 0 Å². The van der Waals surface area contributed by atoms with Gasteiger partial charge in [-0.05, 0) is 42.9 Å². The molecule has 98 valence electrons. The van der Waals surface area contributed by atoms with E-state index in [0.29, 0.717) is 0 Å². The van der Waals surface area contributed by atoms with Gasteiger partial charge >= 0.3 is 0 Å². The summed E-state index contributed by atoms with van der Waals surface area (Å²) in [5.74, 6) is 0. The van der Waals surface area contributed by atoms with E-state index in [-0.39, 0.29) is 5.41 Å². The molecule has 0 atom stereocenters.